The first kappa shape index (κ1) is 23.0. The third-order valence-corrected chi connectivity index (χ3v) is 7.74. The highest BCUT2D eigenvalue weighted by Crippen LogP contribution is 2.52. The summed E-state index contributed by atoms with van der Waals surface area (Å²) in [6.07, 6.45) is 7.18. The second kappa shape index (κ2) is 8.59. The summed E-state index contributed by atoms with van der Waals surface area (Å²) in [7, 11) is 0. The minimum absolute atomic E-state index is 0.326. The average Bonchev–Trinajstić information content (AvgIpc) is 3.13. The van der Waals surface area contributed by atoms with Gasteiger partial charge in [-0.15, -0.1) is 0 Å². The summed E-state index contributed by atoms with van der Waals surface area (Å²) in [5.41, 5.74) is 6.16. The number of anilines is 1. The molecule has 6 nitrogen and oxygen atoms in total. The maximum Gasteiger partial charge on any atom is 0.173 e. The highest BCUT2D eigenvalue weighted by Gasteiger charge is 2.50. The van der Waals surface area contributed by atoms with Crippen LogP contribution in [0.15, 0.2) is 67.0 Å². The van der Waals surface area contributed by atoms with E-state index in [-0.39, 0.29) is 0 Å². The molecule has 1 aliphatic heterocycles. The van der Waals surface area contributed by atoms with Gasteiger partial charge < -0.3 is 10.2 Å². The van der Waals surface area contributed by atoms with Crippen LogP contribution < -0.4 is 5.32 Å². The zero-order valence-electron chi connectivity index (χ0n) is 20.9. The minimum Gasteiger partial charge on any atom is -0.345 e. The molecule has 0 radical (unpaired) electrons. The van der Waals surface area contributed by atoms with Gasteiger partial charge in [0.15, 0.2) is 5.11 Å². The van der Waals surface area contributed by atoms with Crippen molar-refractivity contribution in [3.63, 3.8) is 0 Å². The highest BCUT2D eigenvalue weighted by molar-refractivity contribution is 7.80. The normalized spacial score (nSPS) is 22.5. The van der Waals surface area contributed by atoms with Crippen molar-refractivity contribution in [3.8, 4) is 22.8 Å². The van der Waals surface area contributed by atoms with Crippen molar-refractivity contribution in [1.82, 2.24) is 24.8 Å². The van der Waals surface area contributed by atoms with E-state index in [4.69, 9.17) is 22.2 Å². The number of pyridine rings is 2. The smallest absolute Gasteiger partial charge is 0.173 e. The number of rotatable bonds is 3. The van der Waals surface area contributed by atoms with Crippen LogP contribution in [-0.4, -0.2) is 42.5 Å². The van der Waals surface area contributed by atoms with Gasteiger partial charge in [0, 0.05) is 30.7 Å². The molecule has 36 heavy (non-hydrogen) atoms. The fourth-order valence-corrected chi connectivity index (χ4v) is 6.72. The SMILES string of the molecule is CC1(C)C[C@@H]2C[C@](C)(CN2C(=S)Nc2ccc3nc(-c4ccccn4)c(-c4ccccn4)nc3c2)C1. The number of thiocarbonyl (C=S) groups is 1. The molecule has 6 rings (SSSR count). The molecule has 4 aromatic rings. The van der Waals surface area contributed by atoms with Gasteiger partial charge in [0.1, 0.15) is 11.4 Å². The van der Waals surface area contributed by atoms with Crippen molar-refractivity contribution in [3.05, 3.63) is 67.0 Å². The lowest BCUT2D eigenvalue weighted by molar-refractivity contribution is 0.132. The maximum absolute atomic E-state index is 5.91. The van der Waals surface area contributed by atoms with Gasteiger partial charge in [0.25, 0.3) is 0 Å². The van der Waals surface area contributed by atoms with Crippen molar-refractivity contribution < 1.29 is 0 Å². The van der Waals surface area contributed by atoms with E-state index in [2.05, 4.69) is 41.0 Å². The van der Waals surface area contributed by atoms with Crippen LogP contribution in [0.3, 0.4) is 0 Å². The molecule has 3 aromatic heterocycles. The largest absolute Gasteiger partial charge is 0.345 e. The second-order valence-electron chi connectivity index (χ2n) is 11.3. The van der Waals surface area contributed by atoms with E-state index >= 15 is 0 Å². The molecular weight excluding hydrogens is 464 g/mol. The number of likely N-dealkylation sites (tertiary alicyclic amines) is 1. The van der Waals surface area contributed by atoms with Crippen LogP contribution >= 0.6 is 12.2 Å². The van der Waals surface area contributed by atoms with Crippen LogP contribution in [0, 0.1) is 10.8 Å². The minimum atomic E-state index is 0.326. The predicted molar refractivity (Wildman–Crippen MR) is 148 cm³/mol. The van der Waals surface area contributed by atoms with Gasteiger partial charge >= 0.3 is 0 Å². The molecule has 4 heterocycles. The molecule has 0 spiro atoms. The summed E-state index contributed by atoms with van der Waals surface area (Å²) in [6, 6.07) is 18.2. The summed E-state index contributed by atoms with van der Waals surface area (Å²) in [6.45, 7) is 8.20. The molecule has 1 aliphatic carbocycles. The number of nitrogens with zero attached hydrogens (tertiary/aromatic N) is 5. The van der Waals surface area contributed by atoms with Crippen LogP contribution in [0.4, 0.5) is 5.69 Å². The predicted octanol–water partition coefficient (Wildman–Crippen LogP) is 6.35. The lowest BCUT2D eigenvalue weighted by Gasteiger charge is -2.39. The molecule has 2 fully saturated rings. The zero-order valence-corrected chi connectivity index (χ0v) is 21.7. The maximum atomic E-state index is 5.91. The number of nitrogens with one attached hydrogen (secondary N) is 1. The van der Waals surface area contributed by atoms with Gasteiger partial charge in [0.05, 0.1) is 22.4 Å². The lowest BCUT2D eigenvalue weighted by Crippen LogP contribution is -2.39. The third-order valence-electron chi connectivity index (χ3n) is 7.41. The number of hydrogen-bond acceptors (Lipinski definition) is 5. The van der Waals surface area contributed by atoms with Crippen molar-refractivity contribution in [1.29, 1.82) is 0 Å². The molecule has 1 saturated heterocycles. The molecule has 0 unspecified atom stereocenters. The van der Waals surface area contributed by atoms with Crippen molar-refractivity contribution >= 4 is 34.1 Å². The van der Waals surface area contributed by atoms with Crippen LogP contribution in [0.25, 0.3) is 33.8 Å². The Balaban J connectivity index is 1.34. The van der Waals surface area contributed by atoms with Crippen LogP contribution in [-0.2, 0) is 0 Å². The first-order valence-electron chi connectivity index (χ1n) is 12.5. The van der Waals surface area contributed by atoms with E-state index in [0.29, 0.717) is 22.6 Å². The molecular formula is C29H30N6S. The Morgan fingerprint density at radius 3 is 2.19 bits per heavy atom. The lowest BCUT2D eigenvalue weighted by atomic mass is 9.65. The van der Waals surface area contributed by atoms with Gasteiger partial charge in [-0.1, -0.05) is 32.9 Å². The summed E-state index contributed by atoms with van der Waals surface area (Å²) >= 11 is 5.91. The first-order valence-corrected chi connectivity index (χ1v) is 12.9. The Kier molecular flexibility index (Phi) is 5.48. The Bertz CT molecular complexity index is 1440. The zero-order chi connectivity index (χ0) is 24.9. The fraction of sp³-hybridized carbons (Fsp3) is 0.345. The summed E-state index contributed by atoms with van der Waals surface area (Å²) < 4.78 is 0. The molecule has 2 atom stereocenters. The van der Waals surface area contributed by atoms with E-state index in [1.54, 1.807) is 12.4 Å². The third kappa shape index (κ3) is 4.32. The number of hydrogen-bond donors (Lipinski definition) is 1. The van der Waals surface area contributed by atoms with Crippen LogP contribution in [0.1, 0.15) is 40.0 Å². The van der Waals surface area contributed by atoms with E-state index in [1.165, 1.54) is 19.3 Å². The summed E-state index contributed by atoms with van der Waals surface area (Å²) in [5.74, 6) is 0. The fourth-order valence-electron chi connectivity index (χ4n) is 6.39. The molecule has 1 saturated carbocycles. The Morgan fingerprint density at radius 1 is 0.889 bits per heavy atom. The van der Waals surface area contributed by atoms with Gasteiger partial charge in [-0.25, -0.2) is 9.97 Å². The van der Waals surface area contributed by atoms with Gasteiger partial charge in [0.2, 0.25) is 0 Å². The molecule has 1 aromatic carbocycles. The average molecular weight is 495 g/mol. The Labute approximate surface area is 217 Å². The standard InChI is InChI=1S/C29H30N6S/c1-28(2)15-20-16-29(3,17-28)18-35(20)27(36)32-19-10-11-21-24(14-19)34-26(23-9-5-7-13-31-23)25(33-21)22-8-4-6-12-30-22/h4-14,20H,15-18H2,1-3H3,(H,32,36)/t20-,29+/m1/s1. The first-order chi connectivity index (χ1) is 17.3. The van der Waals surface area contributed by atoms with E-state index in [1.807, 2.05) is 54.6 Å². The quantitative estimate of drug-likeness (QED) is 0.333. The molecule has 7 heteroatoms. The summed E-state index contributed by atoms with van der Waals surface area (Å²) in [4.78, 5) is 21.4. The van der Waals surface area contributed by atoms with Crippen molar-refractivity contribution in [2.75, 3.05) is 11.9 Å². The van der Waals surface area contributed by atoms with E-state index < -0.39 is 0 Å². The second-order valence-corrected chi connectivity index (χ2v) is 11.7. The van der Waals surface area contributed by atoms with Crippen LogP contribution in [0.5, 0.6) is 0 Å². The Hall–Kier alpha value is -3.45. The van der Waals surface area contributed by atoms with Crippen molar-refractivity contribution in [2.24, 2.45) is 10.8 Å². The topological polar surface area (TPSA) is 66.8 Å². The Morgan fingerprint density at radius 2 is 1.56 bits per heavy atom. The van der Waals surface area contributed by atoms with E-state index in [0.717, 1.165) is 45.5 Å². The highest BCUT2D eigenvalue weighted by atomic mass is 32.1. The molecule has 0 amide bonds. The monoisotopic (exact) mass is 494 g/mol. The molecule has 2 bridgehead atoms. The number of fused-ring (bicyclic) bond motifs is 3. The van der Waals surface area contributed by atoms with Gasteiger partial charge in [-0.05, 0) is 84.8 Å². The van der Waals surface area contributed by atoms with Crippen LogP contribution in [0.2, 0.25) is 0 Å². The molecule has 1 N–H and O–H groups in total. The van der Waals surface area contributed by atoms with Gasteiger partial charge in [-0.2, -0.15) is 0 Å². The molecule has 182 valence electrons. The molecule has 2 aliphatic rings. The number of aromatic nitrogens is 4. The van der Waals surface area contributed by atoms with E-state index in [9.17, 15) is 0 Å². The number of benzene rings is 1. The van der Waals surface area contributed by atoms with Gasteiger partial charge in [-0.3, -0.25) is 9.97 Å². The summed E-state index contributed by atoms with van der Waals surface area (Å²) in [5, 5.41) is 4.30. The van der Waals surface area contributed by atoms with Crippen molar-refractivity contribution in [2.45, 2.75) is 46.1 Å².